The summed E-state index contributed by atoms with van der Waals surface area (Å²) in [6.07, 6.45) is 0.494. The Hall–Kier alpha value is -1.24. The van der Waals surface area contributed by atoms with Gasteiger partial charge in [0.1, 0.15) is 10.6 Å². The van der Waals surface area contributed by atoms with Gasteiger partial charge in [-0.05, 0) is 54.9 Å². The van der Waals surface area contributed by atoms with Crippen LogP contribution >= 0.6 is 15.9 Å². The Balaban J connectivity index is 2.14. The summed E-state index contributed by atoms with van der Waals surface area (Å²) in [6, 6.07) is 12.4. The van der Waals surface area contributed by atoms with Gasteiger partial charge in [0.15, 0.2) is 9.84 Å². The lowest BCUT2D eigenvalue weighted by Crippen LogP contribution is -2.38. The number of hydrogen-bond donors (Lipinski definition) is 1. The van der Waals surface area contributed by atoms with Gasteiger partial charge in [0, 0.05) is 11.0 Å². The van der Waals surface area contributed by atoms with E-state index in [0.717, 1.165) is 10.0 Å². The van der Waals surface area contributed by atoms with Crippen LogP contribution in [0, 0.1) is 5.82 Å². The Morgan fingerprint density at radius 2 is 1.68 bits per heavy atom. The maximum atomic E-state index is 13.2. The monoisotopic (exact) mass is 383 g/mol. The molecule has 1 aliphatic heterocycles. The summed E-state index contributed by atoms with van der Waals surface area (Å²) in [6.45, 7) is 0.991. The maximum Gasteiger partial charge on any atom is 0.189 e. The molecule has 1 fully saturated rings. The zero-order valence-electron chi connectivity index (χ0n) is 11.7. The molecule has 1 saturated heterocycles. The standard InChI is InChI=1S/C16H15BrFNO2S/c17-13-3-1-12(2-4-13)16(9-10-19-11-16)22(20,21)15-7-5-14(18)6-8-15/h1-8,19H,9-11H2/t16-/m0/s1. The van der Waals surface area contributed by atoms with Crippen molar-refractivity contribution in [1.29, 1.82) is 0 Å². The van der Waals surface area contributed by atoms with Gasteiger partial charge in [-0.3, -0.25) is 0 Å². The minimum atomic E-state index is -3.63. The molecule has 1 atom stereocenters. The van der Waals surface area contributed by atoms with Crippen molar-refractivity contribution in [2.24, 2.45) is 0 Å². The van der Waals surface area contributed by atoms with Gasteiger partial charge in [-0.1, -0.05) is 28.1 Å². The third-order valence-corrected chi connectivity index (χ3v) is 7.16. The third kappa shape index (κ3) is 2.49. The van der Waals surface area contributed by atoms with Gasteiger partial charge in [0.2, 0.25) is 0 Å². The lowest BCUT2D eigenvalue weighted by Gasteiger charge is -2.29. The molecule has 0 radical (unpaired) electrons. The molecule has 3 nitrogen and oxygen atoms in total. The Morgan fingerprint density at radius 1 is 1.05 bits per heavy atom. The SMILES string of the molecule is O=S(=O)(c1ccc(F)cc1)[C@@]1(c2ccc(Br)cc2)CCNC1. The molecule has 2 aromatic rings. The summed E-state index contributed by atoms with van der Waals surface area (Å²) >= 11 is 3.37. The molecule has 0 bridgehead atoms. The molecule has 0 spiro atoms. The molecule has 22 heavy (non-hydrogen) atoms. The van der Waals surface area contributed by atoms with Crippen LogP contribution in [0.15, 0.2) is 57.9 Å². The molecule has 0 aromatic heterocycles. The Labute approximate surface area is 137 Å². The van der Waals surface area contributed by atoms with Crippen LogP contribution in [-0.4, -0.2) is 21.5 Å². The highest BCUT2D eigenvalue weighted by atomic mass is 79.9. The predicted octanol–water partition coefficient (Wildman–Crippen LogP) is 3.25. The molecule has 1 N–H and O–H groups in total. The summed E-state index contributed by atoms with van der Waals surface area (Å²) in [4.78, 5) is 0.153. The van der Waals surface area contributed by atoms with Crippen molar-refractivity contribution in [2.75, 3.05) is 13.1 Å². The first-order valence-corrected chi connectivity index (χ1v) is 9.20. The molecule has 1 heterocycles. The fourth-order valence-electron chi connectivity index (χ4n) is 2.89. The van der Waals surface area contributed by atoms with Crippen LogP contribution in [0.25, 0.3) is 0 Å². The molecule has 6 heteroatoms. The largest absolute Gasteiger partial charge is 0.315 e. The summed E-state index contributed by atoms with van der Waals surface area (Å²) in [7, 11) is -3.63. The van der Waals surface area contributed by atoms with E-state index in [1.54, 1.807) is 0 Å². The second kappa shape index (κ2) is 5.76. The Bertz CT molecular complexity index is 767. The van der Waals surface area contributed by atoms with Gasteiger partial charge >= 0.3 is 0 Å². The van der Waals surface area contributed by atoms with Gasteiger partial charge < -0.3 is 5.32 Å². The van der Waals surface area contributed by atoms with E-state index in [9.17, 15) is 12.8 Å². The second-order valence-corrected chi connectivity index (χ2v) is 8.56. The maximum absolute atomic E-state index is 13.2. The van der Waals surface area contributed by atoms with Crippen LogP contribution < -0.4 is 5.32 Å². The number of benzene rings is 2. The van der Waals surface area contributed by atoms with E-state index in [-0.39, 0.29) is 4.90 Å². The van der Waals surface area contributed by atoms with Crippen molar-refractivity contribution >= 4 is 25.8 Å². The van der Waals surface area contributed by atoms with E-state index in [1.165, 1.54) is 24.3 Å². The van der Waals surface area contributed by atoms with Gasteiger partial charge in [0.25, 0.3) is 0 Å². The molecule has 0 amide bonds. The Morgan fingerprint density at radius 3 is 2.23 bits per heavy atom. The fraction of sp³-hybridized carbons (Fsp3) is 0.250. The van der Waals surface area contributed by atoms with Crippen LogP contribution in [0.5, 0.6) is 0 Å². The molecule has 0 aliphatic carbocycles. The van der Waals surface area contributed by atoms with Crippen molar-refractivity contribution in [2.45, 2.75) is 16.1 Å². The number of halogens is 2. The molecule has 2 aromatic carbocycles. The first kappa shape index (κ1) is 15.6. The van der Waals surface area contributed by atoms with Gasteiger partial charge in [-0.15, -0.1) is 0 Å². The van der Waals surface area contributed by atoms with E-state index in [1.807, 2.05) is 24.3 Å². The summed E-state index contributed by atoms with van der Waals surface area (Å²) in [5.74, 6) is -0.443. The molecule has 1 aliphatic rings. The molecular formula is C16H15BrFNO2S. The van der Waals surface area contributed by atoms with E-state index in [2.05, 4.69) is 21.2 Å². The summed E-state index contributed by atoms with van der Waals surface area (Å²) < 4.78 is 39.4. The summed E-state index contributed by atoms with van der Waals surface area (Å²) in [5.41, 5.74) is 0.755. The van der Waals surface area contributed by atoms with E-state index >= 15 is 0 Å². The molecular weight excluding hydrogens is 369 g/mol. The van der Waals surface area contributed by atoms with E-state index in [4.69, 9.17) is 0 Å². The minimum Gasteiger partial charge on any atom is -0.315 e. The van der Waals surface area contributed by atoms with Crippen LogP contribution in [0.3, 0.4) is 0 Å². The van der Waals surface area contributed by atoms with E-state index in [0.29, 0.717) is 19.5 Å². The second-order valence-electron chi connectivity index (χ2n) is 5.39. The average Bonchev–Trinajstić information content (AvgIpc) is 3.00. The number of sulfone groups is 1. The van der Waals surface area contributed by atoms with Gasteiger partial charge in [0.05, 0.1) is 4.90 Å². The molecule has 3 rings (SSSR count). The number of rotatable bonds is 3. The smallest absolute Gasteiger partial charge is 0.189 e. The molecule has 116 valence electrons. The quantitative estimate of drug-likeness (QED) is 0.827. The van der Waals surface area contributed by atoms with Crippen molar-refractivity contribution in [3.63, 3.8) is 0 Å². The zero-order valence-corrected chi connectivity index (χ0v) is 14.1. The lowest BCUT2D eigenvalue weighted by atomic mass is 9.97. The highest BCUT2D eigenvalue weighted by Crippen LogP contribution is 2.40. The third-order valence-electron chi connectivity index (χ3n) is 4.12. The topological polar surface area (TPSA) is 46.2 Å². The number of nitrogens with one attached hydrogen (secondary N) is 1. The van der Waals surface area contributed by atoms with Gasteiger partial charge in [-0.25, -0.2) is 12.8 Å². The molecule has 0 unspecified atom stereocenters. The predicted molar refractivity (Wildman–Crippen MR) is 86.9 cm³/mol. The van der Waals surface area contributed by atoms with Crippen LogP contribution in [0.4, 0.5) is 4.39 Å². The zero-order chi connectivity index (χ0) is 15.8. The van der Waals surface area contributed by atoms with Crippen LogP contribution in [0.1, 0.15) is 12.0 Å². The summed E-state index contributed by atoms with van der Waals surface area (Å²) in [5, 5.41) is 3.15. The van der Waals surface area contributed by atoms with Crippen LogP contribution in [0.2, 0.25) is 0 Å². The Kier molecular flexibility index (Phi) is 4.09. The van der Waals surface area contributed by atoms with Gasteiger partial charge in [-0.2, -0.15) is 0 Å². The normalized spacial score (nSPS) is 21.9. The van der Waals surface area contributed by atoms with Crippen molar-refractivity contribution < 1.29 is 12.8 Å². The number of hydrogen-bond acceptors (Lipinski definition) is 3. The van der Waals surface area contributed by atoms with Crippen LogP contribution in [-0.2, 0) is 14.6 Å². The lowest BCUT2D eigenvalue weighted by molar-refractivity contribution is 0.536. The first-order chi connectivity index (χ1) is 10.5. The fourth-order valence-corrected chi connectivity index (χ4v) is 5.21. The van der Waals surface area contributed by atoms with Crippen molar-refractivity contribution in [3.05, 3.63) is 64.4 Å². The van der Waals surface area contributed by atoms with Crippen molar-refractivity contribution in [1.82, 2.24) is 5.32 Å². The highest BCUT2D eigenvalue weighted by molar-refractivity contribution is 9.10. The van der Waals surface area contributed by atoms with Crippen molar-refractivity contribution in [3.8, 4) is 0 Å². The average molecular weight is 384 g/mol. The highest BCUT2D eigenvalue weighted by Gasteiger charge is 2.48. The minimum absolute atomic E-state index is 0.153. The first-order valence-electron chi connectivity index (χ1n) is 6.93. The molecule has 0 saturated carbocycles. The van der Waals surface area contributed by atoms with E-state index < -0.39 is 20.4 Å².